The smallest absolute Gasteiger partial charge is 0.276 e. The number of nitrogens with zero attached hydrogens (tertiary/aromatic N) is 4. The van der Waals surface area contributed by atoms with Crippen LogP contribution in [0.2, 0.25) is 0 Å². The van der Waals surface area contributed by atoms with Gasteiger partial charge in [0.25, 0.3) is 5.56 Å². The van der Waals surface area contributed by atoms with Gasteiger partial charge in [0.05, 0.1) is 18.2 Å². The number of hydrogen-bond acceptors (Lipinski definition) is 6. The fraction of sp³-hybridized carbons (Fsp3) is 0.500. The van der Waals surface area contributed by atoms with E-state index < -0.39 is 6.10 Å². The molecule has 0 amide bonds. The summed E-state index contributed by atoms with van der Waals surface area (Å²) >= 11 is 0. The molecular weight excluding hydrogens is 382 g/mol. The van der Waals surface area contributed by atoms with Gasteiger partial charge < -0.3 is 14.8 Å². The van der Waals surface area contributed by atoms with E-state index in [-0.39, 0.29) is 17.4 Å². The van der Waals surface area contributed by atoms with Gasteiger partial charge in [-0.05, 0) is 25.3 Å². The van der Waals surface area contributed by atoms with Gasteiger partial charge in [-0.1, -0.05) is 29.8 Å². The molecule has 2 fully saturated rings. The van der Waals surface area contributed by atoms with Gasteiger partial charge in [0.15, 0.2) is 5.52 Å². The van der Waals surface area contributed by atoms with E-state index in [2.05, 4.69) is 46.1 Å². The van der Waals surface area contributed by atoms with Crippen molar-refractivity contribution in [2.75, 3.05) is 26.3 Å². The van der Waals surface area contributed by atoms with Gasteiger partial charge in [-0.2, -0.15) is 5.10 Å². The first-order valence-electron chi connectivity index (χ1n) is 10.6. The van der Waals surface area contributed by atoms with Gasteiger partial charge in [-0.25, -0.2) is 9.50 Å². The van der Waals surface area contributed by atoms with Crippen molar-refractivity contribution in [1.29, 1.82) is 0 Å². The second-order valence-electron chi connectivity index (χ2n) is 8.49. The molecule has 158 valence electrons. The summed E-state index contributed by atoms with van der Waals surface area (Å²) in [5, 5.41) is 15.4. The Labute approximate surface area is 174 Å². The van der Waals surface area contributed by atoms with Crippen molar-refractivity contribution in [1.82, 2.24) is 24.5 Å². The summed E-state index contributed by atoms with van der Waals surface area (Å²) in [5.74, 6) is 1.33. The van der Waals surface area contributed by atoms with Crippen molar-refractivity contribution in [2.45, 2.75) is 44.2 Å². The number of likely N-dealkylation sites (tertiary alicyclic amines) is 1. The number of aryl methyl sites for hydroxylation is 1. The third kappa shape index (κ3) is 3.66. The van der Waals surface area contributed by atoms with Crippen LogP contribution in [0.4, 0.5) is 0 Å². The molecule has 0 spiro atoms. The first-order valence-corrected chi connectivity index (χ1v) is 10.6. The summed E-state index contributed by atoms with van der Waals surface area (Å²) in [6.07, 6.45) is 2.76. The number of nitrogens with one attached hydrogen (secondary N) is 1. The molecular formula is C22H27N5O3. The minimum absolute atomic E-state index is 0.213. The van der Waals surface area contributed by atoms with E-state index in [1.165, 1.54) is 11.1 Å². The largest absolute Gasteiger partial charge is 0.391 e. The van der Waals surface area contributed by atoms with Crippen LogP contribution < -0.4 is 5.56 Å². The van der Waals surface area contributed by atoms with Crippen LogP contribution in [0.15, 0.2) is 35.3 Å². The summed E-state index contributed by atoms with van der Waals surface area (Å²) in [6.45, 7) is 5.43. The van der Waals surface area contributed by atoms with Gasteiger partial charge in [0.1, 0.15) is 11.6 Å². The van der Waals surface area contributed by atoms with E-state index in [9.17, 15) is 9.90 Å². The molecule has 2 aliphatic rings. The van der Waals surface area contributed by atoms with Crippen LogP contribution >= 0.6 is 0 Å². The summed E-state index contributed by atoms with van der Waals surface area (Å²) in [5.41, 5.74) is 2.68. The molecule has 4 heterocycles. The molecule has 0 aliphatic carbocycles. The average Bonchev–Trinajstić information content (AvgIpc) is 3.34. The van der Waals surface area contributed by atoms with Crippen LogP contribution in [0.3, 0.4) is 0 Å². The summed E-state index contributed by atoms with van der Waals surface area (Å²) in [4.78, 5) is 22.3. The number of aliphatic hydroxyl groups is 1. The standard InChI is InChI=1S/C22H27N5O3/c1-14-2-4-15(5-3-14)11-26-12-17(19(28)13-26)20-24-22(29)18-10-23-21(27(18)25-20)16-6-8-30-9-7-16/h2-5,10,16-17,19,28H,6-9,11-13H2,1H3,(H,24,25,29). The number of rotatable bonds is 4. The van der Waals surface area contributed by atoms with Crippen LogP contribution in [0.5, 0.6) is 0 Å². The Bertz CT molecular complexity index is 1080. The van der Waals surface area contributed by atoms with E-state index in [0.29, 0.717) is 37.6 Å². The minimum Gasteiger partial charge on any atom is -0.391 e. The van der Waals surface area contributed by atoms with Crippen LogP contribution in [-0.4, -0.2) is 62.0 Å². The predicted molar refractivity (Wildman–Crippen MR) is 112 cm³/mol. The molecule has 2 saturated heterocycles. The quantitative estimate of drug-likeness (QED) is 0.679. The van der Waals surface area contributed by atoms with Crippen molar-refractivity contribution in [2.24, 2.45) is 0 Å². The van der Waals surface area contributed by atoms with Gasteiger partial charge in [0, 0.05) is 38.8 Å². The maximum atomic E-state index is 12.7. The Morgan fingerprint density at radius 1 is 1.20 bits per heavy atom. The lowest BCUT2D eigenvalue weighted by Gasteiger charge is -2.21. The zero-order chi connectivity index (χ0) is 20.7. The molecule has 8 heteroatoms. The van der Waals surface area contributed by atoms with E-state index in [1.807, 2.05) is 0 Å². The lowest BCUT2D eigenvalue weighted by Crippen LogP contribution is -2.25. The normalized spacial score (nSPS) is 23.4. The van der Waals surface area contributed by atoms with Crippen molar-refractivity contribution in [3.63, 3.8) is 0 Å². The van der Waals surface area contributed by atoms with E-state index in [1.54, 1.807) is 10.7 Å². The van der Waals surface area contributed by atoms with Crippen molar-refractivity contribution < 1.29 is 9.84 Å². The monoisotopic (exact) mass is 409 g/mol. The molecule has 2 atom stereocenters. The number of fused-ring (bicyclic) bond motifs is 1. The summed E-state index contributed by atoms with van der Waals surface area (Å²) in [7, 11) is 0. The number of hydrogen-bond donors (Lipinski definition) is 2. The maximum Gasteiger partial charge on any atom is 0.276 e. The summed E-state index contributed by atoms with van der Waals surface area (Å²) < 4.78 is 7.14. The Morgan fingerprint density at radius 2 is 1.97 bits per heavy atom. The SMILES string of the molecule is Cc1ccc(CN2CC(O)C(c3nn4c(C5CCOCC5)ncc4c(=O)[nH]3)C2)cc1. The Morgan fingerprint density at radius 3 is 2.73 bits per heavy atom. The number of imidazole rings is 1. The van der Waals surface area contributed by atoms with Gasteiger partial charge in [-0.3, -0.25) is 9.69 Å². The van der Waals surface area contributed by atoms with Crippen molar-refractivity contribution in [3.05, 3.63) is 63.6 Å². The fourth-order valence-corrected chi connectivity index (χ4v) is 4.55. The van der Waals surface area contributed by atoms with Gasteiger partial charge in [-0.15, -0.1) is 0 Å². The lowest BCUT2D eigenvalue weighted by atomic mass is 10.00. The molecule has 2 aromatic heterocycles. The molecule has 1 aromatic carbocycles. The molecule has 30 heavy (non-hydrogen) atoms. The average molecular weight is 409 g/mol. The Kier molecular flexibility index (Phi) is 5.14. The molecule has 2 N–H and O–H groups in total. The van der Waals surface area contributed by atoms with Crippen LogP contribution in [0, 0.1) is 6.92 Å². The number of ether oxygens (including phenoxy) is 1. The highest BCUT2D eigenvalue weighted by Gasteiger charge is 2.35. The highest BCUT2D eigenvalue weighted by Crippen LogP contribution is 2.28. The summed E-state index contributed by atoms with van der Waals surface area (Å²) in [6, 6.07) is 8.44. The van der Waals surface area contributed by atoms with E-state index in [0.717, 1.165) is 25.2 Å². The van der Waals surface area contributed by atoms with Crippen LogP contribution in [0.25, 0.3) is 5.52 Å². The van der Waals surface area contributed by atoms with Crippen LogP contribution in [0.1, 0.15) is 47.5 Å². The number of aliphatic hydroxyl groups excluding tert-OH is 1. The number of benzene rings is 1. The molecule has 0 radical (unpaired) electrons. The van der Waals surface area contributed by atoms with Crippen LogP contribution in [-0.2, 0) is 11.3 Å². The van der Waals surface area contributed by atoms with Crippen molar-refractivity contribution in [3.8, 4) is 0 Å². The number of aromatic nitrogens is 4. The molecule has 0 saturated carbocycles. The molecule has 2 unspecified atom stereocenters. The number of H-pyrrole nitrogens is 1. The van der Waals surface area contributed by atoms with Gasteiger partial charge in [0.2, 0.25) is 0 Å². The zero-order valence-electron chi connectivity index (χ0n) is 17.1. The topological polar surface area (TPSA) is 95.8 Å². The Balaban J connectivity index is 1.41. The maximum absolute atomic E-state index is 12.7. The highest BCUT2D eigenvalue weighted by molar-refractivity contribution is 5.42. The third-order valence-corrected chi connectivity index (χ3v) is 6.28. The molecule has 8 nitrogen and oxygen atoms in total. The third-order valence-electron chi connectivity index (χ3n) is 6.28. The second-order valence-corrected chi connectivity index (χ2v) is 8.49. The van der Waals surface area contributed by atoms with Crippen molar-refractivity contribution >= 4 is 5.52 Å². The molecule has 3 aromatic rings. The number of aromatic amines is 1. The minimum atomic E-state index is -0.578. The second kappa shape index (κ2) is 7.94. The molecule has 5 rings (SSSR count). The lowest BCUT2D eigenvalue weighted by molar-refractivity contribution is 0.0832. The zero-order valence-corrected chi connectivity index (χ0v) is 17.1. The van der Waals surface area contributed by atoms with Gasteiger partial charge >= 0.3 is 0 Å². The Hall–Kier alpha value is -2.55. The first kappa shape index (κ1) is 19.4. The van der Waals surface area contributed by atoms with E-state index >= 15 is 0 Å². The first-order chi connectivity index (χ1) is 14.6. The number of β-amino-alcohol motifs (C(OH)–C–C–N with tert-alkyl or cyclic N) is 1. The fourth-order valence-electron chi connectivity index (χ4n) is 4.55. The highest BCUT2D eigenvalue weighted by atomic mass is 16.5. The van der Waals surface area contributed by atoms with E-state index in [4.69, 9.17) is 9.84 Å². The molecule has 0 bridgehead atoms. The predicted octanol–water partition coefficient (Wildman–Crippen LogP) is 1.58. The molecule has 2 aliphatic heterocycles.